The van der Waals surface area contributed by atoms with Gasteiger partial charge in [-0.15, -0.1) is 0 Å². The van der Waals surface area contributed by atoms with E-state index in [0.29, 0.717) is 5.92 Å². The molecule has 2 rings (SSSR count). The van der Waals surface area contributed by atoms with E-state index in [1.807, 2.05) is 30.3 Å². The van der Waals surface area contributed by atoms with Crippen molar-refractivity contribution >= 4 is 0 Å². The van der Waals surface area contributed by atoms with Crippen LogP contribution in [0.2, 0.25) is 0 Å². The summed E-state index contributed by atoms with van der Waals surface area (Å²) in [4.78, 5) is 2.83. The second-order valence-corrected chi connectivity index (χ2v) is 3.77. The molecule has 1 aromatic carbocycles. The summed E-state index contributed by atoms with van der Waals surface area (Å²) < 4.78 is 5.11. The molecule has 2 atom stereocenters. The molecule has 0 aromatic heterocycles. The molecule has 1 aliphatic carbocycles. The first kappa shape index (κ1) is 10.6. The topological polar surface area (TPSA) is 58.0 Å². The second-order valence-electron chi connectivity index (χ2n) is 3.77. The molecule has 1 aromatic rings. The smallest absolute Gasteiger partial charge is 0.118 e. The number of azide groups is 1. The third kappa shape index (κ3) is 2.18. The lowest BCUT2D eigenvalue weighted by atomic mass is 9.98. The molecule has 0 spiro atoms. The van der Waals surface area contributed by atoms with Gasteiger partial charge >= 0.3 is 0 Å². The zero-order valence-electron chi connectivity index (χ0n) is 9.08. The molecule has 0 N–H and O–H groups in total. The van der Waals surface area contributed by atoms with Gasteiger partial charge in [-0.3, -0.25) is 0 Å². The van der Waals surface area contributed by atoms with Crippen LogP contribution in [0.5, 0.6) is 5.75 Å². The van der Waals surface area contributed by atoms with Crippen LogP contribution in [-0.2, 0) is 0 Å². The van der Waals surface area contributed by atoms with Gasteiger partial charge in [0.15, 0.2) is 0 Å². The van der Waals surface area contributed by atoms with Gasteiger partial charge in [-0.05, 0) is 29.6 Å². The highest BCUT2D eigenvalue weighted by atomic mass is 16.5. The van der Waals surface area contributed by atoms with Crippen LogP contribution in [0.3, 0.4) is 0 Å². The highest BCUT2D eigenvalue weighted by Crippen LogP contribution is 2.31. The Kier molecular flexibility index (Phi) is 3.13. The summed E-state index contributed by atoms with van der Waals surface area (Å²) in [7, 11) is 1.65. The van der Waals surface area contributed by atoms with Crippen molar-refractivity contribution in [1.82, 2.24) is 0 Å². The number of methoxy groups -OCH3 is 1. The lowest BCUT2D eigenvalue weighted by molar-refractivity contribution is 0.414. The zero-order valence-corrected chi connectivity index (χ0v) is 9.08. The molecule has 0 saturated carbocycles. The van der Waals surface area contributed by atoms with E-state index >= 15 is 0 Å². The highest BCUT2D eigenvalue weighted by molar-refractivity contribution is 5.33. The van der Waals surface area contributed by atoms with E-state index in [9.17, 15) is 0 Å². The van der Waals surface area contributed by atoms with E-state index in [1.54, 1.807) is 7.11 Å². The van der Waals surface area contributed by atoms with Crippen LogP contribution in [0.1, 0.15) is 17.9 Å². The van der Waals surface area contributed by atoms with E-state index in [2.05, 4.69) is 16.1 Å². The molecule has 1 aliphatic rings. The Morgan fingerprint density at radius 2 is 2.06 bits per heavy atom. The number of nitrogens with zero attached hydrogens (tertiary/aromatic N) is 3. The standard InChI is InChI=1S/C12H13N3O/c1-16-12-6-3-9(4-7-12)10-2-5-11(8-10)14-15-13/h2-7,10-11H,8H2,1H3/t10-,11+/m1/s1. The Balaban J connectivity index is 2.09. The Morgan fingerprint density at radius 1 is 1.31 bits per heavy atom. The molecule has 4 heteroatoms. The number of ether oxygens (including phenoxy) is 1. The summed E-state index contributed by atoms with van der Waals surface area (Å²) in [5, 5.41) is 3.70. The average molecular weight is 215 g/mol. The second kappa shape index (κ2) is 4.73. The molecule has 0 heterocycles. The zero-order chi connectivity index (χ0) is 11.4. The number of hydrogen-bond acceptors (Lipinski definition) is 2. The first-order valence-corrected chi connectivity index (χ1v) is 5.20. The van der Waals surface area contributed by atoms with E-state index in [4.69, 9.17) is 10.3 Å². The molecule has 16 heavy (non-hydrogen) atoms. The average Bonchev–Trinajstić information content (AvgIpc) is 2.78. The molecule has 82 valence electrons. The van der Waals surface area contributed by atoms with Gasteiger partial charge in [0.2, 0.25) is 0 Å². The molecule has 0 aliphatic heterocycles. The van der Waals surface area contributed by atoms with Crippen molar-refractivity contribution in [2.24, 2.45) is 5.11 Å². The fourth-order valence-corrected chi connectivity index (χ4v) is 1.93. The summed E-state index contributed by atoms with van der Waals surface area (Å²) in [6.45, 7) is 0. The molecule has 0 unspecified atom stereocenters. The van der Waals surface area contributed by atoms with Crippen molar-refractivity contribution in [3.63, 3.8) is 0 Å². The summed E-state index contributed by atoms with van der Waals surface area (Å²) in [5.41, 5.74) is 9.59. The fraction of sp³-hybridized carbons (Fsp3) is 0.333. The Morgan fingerprint density at radius 3 is 2.69 bits per heavy atom. The lowest BCUT2D eigenvalue weighted by Gasteiger charge is -2.09. The minimum Gasteiger partial charge on any atom is -0.497 e. The van der Waals surface area contributed by atoms with Crippen LogP contribution in [0.15, 0.2) is 41.5 Å². The molecule has 0 saturated heterocycles. The van der Waals surface area contributed by atoms with Crippen LogP contribution < -0.4 is 4.74 Å². The number of rotatable bonds is 3. The Labute approximate surface area is 94.2 Å². The van der Waals surface area contributed by atoms with Gasteiger partial charge in [0.1, 0.15) is 5.75 Å². The van der Waals surface area contributed by atoms with Gasteiger partial charge in [0, 0.05) is 10.8 Å². The third-order valence-corrected chi connectivity index (χ3v) is 2.80. The summed E-state index contributed by atoms with van der Waals surface area (Å²) in [5.74, 6) is 1.21. The predicted molar refractivity (Wildman–Crippen MR) is 62.4 cm³/mol. The number of allylic oxidation sites excluding steroid dienone is 1. The Hall–Kier alpha value is -1.93. The van der Waals surface area contributed by atoms with Crippen molar-refractivity contribution in [3.8, 4) is 5.75 Å². The van der Waals surface area contributed by atoms with Gasteiger partial charge in [-0.2, -0.15) is 0 Å². The lowest BCUT2D eigenvalue weighted by Crippen LogP contribution is -1.98. The number of benzene rings is 1. The monoisotopic (exact) mass is 215 g/mol. The normalized spacial score (nSPS) is 22.8. The van der Waals surface area contributed by atoms with Crippen molar-refractivity contribution < 1.29 is 4.74 Å². The van der Waals surface area contributed by atoms with Crippen molar-refractivity contribution in [2.75, 3.05) is 7.11 Å². The third-order valence-electron chi connectivity index (χ3n) is 2.80. The fourth-order valence-electron chi connectivity index (χ4n) is 1.93. The minimum absolute atomic E-state index is 0.00268. The van der Waals surface area contributed by atoms with E-state index < -0.39 is 0 Å². The van der Waals surface area contributed by atoms with Crippen molar-refractivity contribution in [1.29, 1.82) is 0 Å². The summed E-state index contributed by atoms with van der Waals surface area (Å²) >= 11 is 0. The molecule has 0 bridgehead atoms. The van der Waals surface area contributed by atoms with Gasteiger partial charge in [0.25, 0.3) is 0 Å². The molecule has 0 amide bonds. The van der Waals surface area contributed by atoms with E-state index in [1.165, 1.54) is 5.56 Å². The first-order chi connectivity index (χ1) is 7.83. The minimum atomic E-state index is -0.00268. The maximum Gasteiger partial charge on any atom is 0.118 e. The quantitative estimate of drug-likeness (QED) is 0.330. The van der Waals surface area contributed by atoms with Gasteiger partial charge in [0.05, 0.1) is 13.2 Å². The van der Waals surface area contributed by atoms with E-state index in [0.717, 1.165) is 12.2 Å². The van der Waals surface area contributed by atoms with Crippen LogP contribution in [0, 0.1) is 0 Å². The summed E-state index contributed by atoms with van der Waals surface area (Å²) in [6, 6.07) is 7.99. The SMILES string of the molecule is COc1ccc([C@@H]2C=C[C@H](N=[N+]=[N-])C2)cc1. The van der Waals surface area contributed by atoms with Gasteiger partial charge in [-0.25, -0.2) is 0 Å². The maximum atomic E-state index is 8.36. The van der Waals surface area contributed by atoms with Crippen molar-refractivity contribution in [3.05, 3.63) is 52.4 Å². The van der Waals surface area contributed by atoms with Crippen LogP contribution in [0.25, 0.3) is 10.4 Å². The van der Waals surface area contributed by atoms with E-state index in [-0.39, 0.29) is 6.04 Å². The predicted octanol–water partition coefficient (Wildman–Crippen LogP) is 3.42. The Bertz CT molecular complexity index is 432. The largest absolute Gasteiger partial charge is 0.497 e. The highest BCUT2D eigenvalue weighted by Gasteiger charge is 2.18. The molecular weight excluding hydrogens is 202 g/mol. The molecular formula is C12H13N3O. The van der Waals surface area contributed by atoms with Crippen molar-refractivity contribution in [2.45, 2.75) is 18.4 Å². The summed E-state index contributed by atoms with van der Waals surface area (Å²) in [6.07, 6.45) is 4.92. The number of hydrogen-bond donors (Lipinski definition) is 0. The van der Waals surface area contributed by atoms with Crippen LogP contribution in [0.4, 0.5) is 0 Å². The van der Waals surface area contributed by atoms with Gasteiger partial charge in [-0.1, -0.05) is 29.4 Å². The molecule has 4 nitrogen and oxygen atoms in total. The first-order valence-electron chi connectivity index (χ1n) is 5.20. The van der Waals surface area contributed by atoms with Crippen LogP contribution >= 0.6 is 0 Å². The molecule has 0 radical (unpaired) electrons. The molecule has 0 fully saturated rings. The van der Waals surface area contributed by atoms with Crippen LogP contribution in [-0.4, -0.2) is 13.2 Å². The van der Waals surface area contributed by atoms with Gasteiger partial charge < -0.3 is 4.74 Å². The maximum absolute atomic E-state index is 8.36.